The van der Waals surface area contributed by atoms with Crippen LogP contribution < -0.4 is 0 Å². The van der Waals surface area contributed by atoms with Gasteiger partial charge < -0.3 is 0 Å². The van der Waals surface area contributed by atoms with Gasteiger partial charge in [0.25, 0.3) is 0 Å². The van der Waals surface area contributed by atoms with Crippen LogP contribution in [0.25, 0.3) is 0 Å². The molecule has 0 fully saturated rings. The van der Waals surface area contributed by atoms with E-state index >= 15 is 0 Å². The Bertz CT molecular complexity index is 975. The highest BCUT2D eigenvalue weighted by Crippen LogP contribution is 2.25. The van der Waals surface area contributed by atoms with E-state index in [0.717, 1.165) is 11.1 Å². The number of aromatic nitrogens is 1. The molecule has 0 amide bonds. The van der Waals surface area contributed by atoms with E-state index in [9.17, 15) is 8.42 Å². The van der Waals surface area contributed by atoms with Crippen LogP contribution in [0.2, 0.25) is 0 Å². The molecule has 0 aliphatic rings. The third-order valence-corrected chi connectivity index (χ3v) is 7.42. The minimum atomic E-state index is -3.60. The van der Waals surface area contributed by atoms with Crippen molar-refractivity contribution in [3.05, 3.63) is 82.3 Å². The lowest BCUT2D eigenvalue weighted by Gasteiger charge is -2.23. The molecule has 0 unspecified atom stereocenters. The Kier molecular flexibility index (Phi) is 6.33. The number of thiophene rings is 1. The number of hydrogen-bond donors (Lipinski definition) is 0. The summed E-state index contributed by atoms with van der Waals surface area (Å²) in [6.07, 6.45) is 4.10. The number of benzene rings is 1. The molecule has 0 radical (unpaired) electrons. The van der Waals surface area contributed by atoms with E-state index in [0.29, 0.717) is 24.4 Å². The summed E-state index contributed by atoms with van der Waals surface area (Å²) in [5.41, 5.74) is 1.98. The van der Waals surface area contributed by atoms with Crippen LogP contribution in [0.15, 0.2) is 71.2 Å². The van der Waals surface area contributed by atoms with Gasteiger partial charge in [-0.25, -0.2) is 8.42 Å². The molecule has 0 saturated heterocycles. The molecule has 0 aliphatic heterocycles. The molecule has 6 heteroatoms. The molecule has 0 atom stereocenters. The number of hydrogen-bond acceptors (Lipinski definition) is 4. The number of sulfonamides is 1. The highest BCUT2D eigenvalue weighted by atomic mass is 32.2. The maximum absolute atomic E-state index is 13.4. The molecule has 1 aromatic carbocycles. The van der Waals surface area contributed by atoms with Crippen molar-refractivity contribution in [1.29, 1.82) is 0 Å². The third kappa shape index (κ3) is 5.07. The zero-order chi connectivity index (χ0) is 20.2. The average molecular weight is 415 g/mol. The lowest BCUT2D eigenvalue weighted by atomic mass is 9.87. The van der Waals surface area contributed by atoms with Crippen molar-refractivity contribution in [2.75, 3.05) is 6.54 Å². The quantitative estimate of drug-likeness (QED) is 0.554. The van der Waals surface area contributed by atoms with Crippen LogP contribution in [0.1, 0.15) is 36.8 Å². The summed E-state index contributed by atoms with van der Waals surface area (Å²) in [4.78, 5) is 5.63. The summed E-state index contributed by atoms with van der Waals surface area (Å²) in [5.74, 6) is 0. The standard InChI is InChI=1S/C22H26N2O2S2/c1-22(2,3)19-8-10-21(11-9-19)28(25,26)24(14-12-20-7-5-15-27-20)17-18-6-4-13-23-16-18/h4-11,13,15-16H,12,14,17H2,1-3H3. The molecule has 28 heavy (non-hydrogen) atoms. The predicted octanol–water partition coefficient (Wildman–Crippen LogP) is 4.87. The van der Waals surface area contributed by atoms with Crippen LogP contribution in [-0.4, -0.2) is 24.3 Å². The van der Waals surface area contributed by atoms with Crippen molar-refractivity contribution in [3.63, 3.8) is 0 Å². The van der Waals surface area contributed by atoms with E-state index in [1.54, 1.807) is 40.2 Å². The Morgan fingerprint density at radius 3 is 2.36 bits per heavy atom. The molecule has 0 spiro atoms. The van der Waals surface area contributed by atoms with Crippen molar-refractivity contribution in [2.24, 2.45) is 0 Å². The fourth-order valence-corrected chi connectivity index (χ4v) is 5.07. The first kappa shape index (κ1) is 20.7. The summed E-state index contributed by atoms with van der Waals surface area (Å²) < 4.78 is 28.3. The molecule has 3 rings (SSSR count). The van der Waals surface area contributed by atoms with E-state index in [1.165, 1.54) is 4.88 Å². The van der Waals surface area contributed by atoms with Crippen LogP contribution in [0.5, 0.6) is 0 Å². The number of pyridine rings is 1. The second-order valence-corrected chi connectivity index (χ2v) is 10.8. The maximum Gasteiger partial charge on any atom is 0.243 e. The van der Waals surface area contributed by atoms with Gasteiger partial charge in [-0.1, -0.05) is 45.0 Å². The zero-order valence-electron chi connectivity index (χ0n) is 16.5. The summed E-state index contributed by atoms with van der Waals surface area (Å²) in [6, 6.07) is 15.0. The lowest BCUT2D eigenvalue weighted by Crippen LogP contribution is -2.32. The smallest absolute Gasteiger partial charge is 0.243 e. The molecule has 0 saturated carbocycles. The fourth-order valence-electron chi connectivity index (χ4n) is 2.95. The largest absolute Gasteiger partial charge is 0.264 e. The Hall–Kier alpha value is -2.02. The Balaban J connectivity index is 1.88. The fraction of sp³-hybridized carbons (Fsp3) is 0.318. The van der Waals surface area contributed by atoms with Gasteiger partial charge in [0, 0.05) is 30.4 Å². The lowest BCUT2D eigenvalue weighted by molar-refractivity contribution is 0.410. The van der Waals surface area contributed by atoms with E-state index in [1.807, 2.05) is 41.8 Å². The molecule has 3 aromatic rings. The summed E-state index contributed by atoms with van der Waals surface area (Å²) in [6.45, 7) is 7.09. The van der Waals surface area contributed by atoms with Gasteiger partial charge in [-0.2, -0.15) is 4.31 Å². The van der Waals surface area contributed by atoms with Gasteiger partial charge in [0.1, 0.15) is 0 Å². The first-order valence-corrected chi connectivity index (χ1v) is 11.6. The van der Waals surface area contributed by atoms with Crippen LogP contribution in [0.3, 0.4) is 0 Å². The molecular formula is C22H26N2O2S2. The average Bonchev–Trinajstić information content (AvgIpc) is 3.19. The van der Waals surface area contributed by atoms with E-state index in [2.05, 4.69) is 25.8 Å². The summed E-state index contributed by atoms with van der Waals surface area (Å²) >= 11 is 1.65. The van der Waals surface area contributed by atoms with Gasteiger partial charge in [-0.05, 0) is 52.6 Å². The second-order valence-electron chi connectivity index (χ2n) is 7.80. The molecule has 0 N–H and O–H groups in total. The normalized spacial score (nSPS) is 12.4. The number of rotatable bonds is 7. The summed E-state index contributed by atoms with van der Waals surface area (Å²) in [7, 11) is -3.60. The topological polar surface area (TPSA) is 50.3 Å². The maximum atomic E-state index is 13.4. The van der Waals surface area contributed by atoms with Crippen LogP contribution in [0.4, 0.5) is 0 Å². The van der Waals surface area contributed by atoms with Gasteiger partial charge in [-0.15, -0.1) is 11.3 Å². The summed E-state index contributed by atoms with van der Waals surface area (Å²) in [5, 5.41) is 2.01. The van der Waals surface area contributed by atoms with Crippen molar-refractivity contribution in [1.82, 2.24) is 9.29 Å². The molecule has 148 valence electrons. The Labute approximate surface area is 171 Å². The van der Waals surface area contributed by atoms with Gasteiger partial charge >= 0.3 is 0 Å². The van der Waals surface area contributed by atoms with Crippen molar-refractivity contribution in [2.45, 2.75) is 44.0 Å². The molecule has 2 aromatic heterocycles. The number of nitrogens with zero attached hydrogens (tertiary/aromatic N) is 2. The Morgan fingerprint density at radius 2 is 1.79 bits per heavy atom. The van der Waals surface area contributed by atoms with Crippen LogP contribution >= 0.6 is 11.3 Å². The Morgan fingerprint density at radius 1 is 1.04 bits per heavy atom. The molecule has 2 heterocycles. The minimum Gasteiger partial charge on any atom is -0.264 e. The van der Waals surface area contributed by atoms with E-state index in [-0.39, 0.29) is 5.41 Å². The van der Waals surface area contributed by atoms with Gasteiger partial charge in [0.15, 0.2) is 0 Å². The molecule has 0 aliphatic carbocycles. The van der Waals surface area contributed by atoms with Crippen molar-refractivity contribution >= 4 is 21.4 Å². The van der Waals surface area contributed by atoms with Gasteiger partial charge in [0.2, 0.25) is 10.0 Å². The second kappa shape index (κ2) is 8.55. The molecular weight excluding hydrogens is 388 g/mol. The van der Waals surface area contributed by atoms with E-state index in [4.69, 9.17) is 0 Å². The minimum absolute atomic E-state index is 0.0170. The van der Waals surface area contributed by atoms with E-state index < -0.39 is 10.0 Å². The monoisotopic (exact) mass is 414 g/mol. The molecule has 0 bridgehead atoms. The predicted molar refractivity (Wildman–Crippen MR) is 115 cm³/mol. The molecule has 4 nitrogen and oxygen atoms in total. The highest BCUT2D eigenvalue weighted by Gasteiger charge is 2.25. The first-order valence-electron chi connectivity index (χ1n) is 9.29. The SMILES string of the molecule is CC(C)(C)c1ccc(S(=O)(=O)N(CCc2cccs2)Cc2cccnc2)cc1. The van der Waals surface area contributed by atoms with Crippen molar-refractivity contribution in [3.8, 4) is 0 Å². The third-order valence-electron chi connectivity index (χ3n) is 4.63. The van der Waals surface area contributed by atoms with Gasteiger partial charge in [0.05, 0.1) is 4.90 Å². The zero-order valence-corrected chi connectivity index (χ0v) is 18.1. The van der Waals surface area contributed by atoms with Gasteiger partial charge in [-0.3, -0.25) is 4.98 Å². The highest BCUT2D eigenvalue weighted by molar-refractivity contribution is 7.89. The first-order chi connectivity index (χ1) is 13.3. The van der Waals surface area contributed by atoms with Crippen LogP contribution in [0, 0.1) is 0 Å². The van der Waals surface area contributed by atoms with Crippen molar-refractivity contribution < 1.29 is 8.42 Å². The van der Waals surface area contributed by atoms with Crippen LogP contribution in [-0.2, 0) is 28.4 Å².